The maximum Gasteiger partial charge on any atom is 0.338 e. The van der Waals surface area contributed by atoms with Gasteiger partial charge < -0.3 is 10.1 Å². The first-order valence-electron chi connectivity index (χ1n) is 8.58. The number of halogens is 1. The summed E-state index contributed by atoms with van der Waals surface area (Å²) in [6, 6.07) is 14.9. The zero-order valence-corrected chi connectivity index (χ0v) is 14.6. The molecule has 6 nitrogen and oxygen atoms in total. The summed E-state index contributed by atoms with van der Waals surface area (Å²) >= 11 is 0. The number of carbonyl (C=O) groups excluding carboxylic acids is 1. The van der Waals surface area contributed by atoms with Gasteiger partial charge in [0.1, 0.15) is 18.2 Å². The largest absolute Gasteiger partial charge is 0.463 e. The molecule has 0 aliphatic carbocycles. The van der Waals surface area contributed by atoms with Gasteiger partial charge in [-0.25, -0.2) is 13.9 Å². The van der Waals surface area contributed by atoms with Gasteiger partial charge in [-0.15, -0.1) is 0 Å². The van der Waals surface area contributed by atoms with Crippen LogP contribution < -0.4 is 5.32 Å². The molecular weight excluding hydrogens is 347 g/mol. The fourth-order valence-corrected chi connectivity index (χ4v) is 3.21. The summed E-state index contributed by atoms with van der Waals surface area (Å²) in [6.45, 7) is 1.94. The number of fused-ring (bicyclic) bond motifs is 1. The Morgan fingerprint density at radius 1 is 1.19 bits per heavy atom. The predicted molar refractivity (Wildman–Crippen MR) is 98.2 cm³/mol. The molecule has 1 atom stereocenters. The lowest BCUT2D eigenvalue weighted by atomic mass is 9.92. The van der Waals surface area contributed by atoms with E-state index in [0.29, 0.717) is 17.2 Å². The quantitative estimate of drug-likeness (QED) is 0.719. The van der Waals surface area contributed by atoms with E-state index in [-0.39, 0.29) is 12.2 Å². The number of benzene rings is 2. The SMILES string of the molecule is CCOC(=O)C1=C(c2ccccc2)Nc2ncnn2[C@@H]1c1ccccc1F. The maximum absolute atomic E-state index is 14.7. The van der Waals surface area contributed by atoms with Gasteiger partial charge in [0, 0.05) is 5.56 Å². The van der Waals surface area contributed by atoms with Crippen LogP contribution in [0.1, 0.15) is 24.1 Å². The number of rotatable bonds is 4. The summed E-state index contributed by atoms with van der Waals surface area (Å²) in [7, 11) is 0. The third-order valence-electron chi connectivity index (χ3n) is 4.35. The molecule has 2 heterocycles. The van der Waals surface area contributed by atoms with Gasteiger partial charge >= 0.3 is 5.97 Å². The van der Waals surface area contributed by atoms with Crippen molar-refractivity contribution in [2.75, 3.05) is 11.9 Å². The highest BCUT2D eigenvalue weighted by Crippen LogP contribution is 2.39. The monoisotopic (exact) mass is 364 g/mol. The average molecular weight is 364 g/mol. The predicted octanol–water partition coefficient (Wildman–Crippen LogP) is 3.41. The minimum atomic E-state index is -0.792. The van der Waals surface area contributed by atoms with Gasteiger partial charge in [-0.2, -0.15) is 10.1 Å². The van der Waals surface area contributed by atoms with Crippen LogP contribution in [0.25, 0.3) is 5.70 Å². The standard InChI is InChI=1S/C20H17FN4O2/c1-2-27-19(26)16-17(13-8-4-3-5-9-13)24-20-22-12-23-25(20)18(16)14-10-6-7-11-15(14)21/h3-12,18H,2H2,1H3,(H,22,23,24)/t18-/m1/s1. The van der Waals surface area contributed by atoms with Crippen LogP contribution in [0.4, 0.5) is 10.3 Å². The molecular formula is C20H17FN4O2. The van der Waals surface area contributed by atoms with E-state index in [1.807, 2.05) is 30.3 Å². The molecule has 0 saturated carbocycles. The number of aromatic nitrogens is 3. The van der Waals surface area contributed by atoms with Crippen LogP contribution in [0, 0.1) is 5.82 Å². The van der Waals surface area contributed by atoms with Gasteiger partial charge in [0.2, 0.25) is 5.95 Å². The molecule has 0 spiro atoms. The van der Waals surface area contributed by atoms with E-state index >= 15 is 0 Å². The second-order valence-corrected chi connectivity index (χ2v) is 5.95. The van der Waals surface area contributed by atoms with Crippen molar-refractivity contribution in [2.24, 2.45) is 0 Å². The first kappa shape index (κ1) is 17.0. The number of carbonyl (C=O) groups is 1. The molecule has 1 aliphatic heterocycles. The summed E-state index contributed by atoms with van der Waals surface area (Å²) in [5.74, 6) is -0.534. The Morgan fingerprint density at radius 3 is 2.67 bits per heavy atom. The Bertz CT molecular complexity index is 1010. The maximum atomic E-state index is 14.7. The molecule has 2 aromatic carbocycles. The lowest BCUT2D eigenvalue weighted by molar-refractivity contribution is -0.138. The van der Waals surface area contributed by atoms with Crippen LogP contribution in [0.3, 0.4) is 0 Å². The van der Waals surface area contributed by atoms with E-state index in [1.165, 1.54) is 17.1 Å². The van der Waals surface area contributed by atoms with E-state index in [2.05, 4.69) is 15.4 Å². The average Bonchev–Trinajstić information content (AvgIpc) is 3.16. The Kier molecular flexibility index (Phi) is 4.42. The highest BCUT2D eigenvalue weighted by molar-refractivity contribution is 6.02. The molecule has 1 aromatic heterocycles. The molecule has 0 amide bonds. The number of esters is 1. The van der Waals surface area contributed by atoms with Crippen molar-refractivity contribution in [3.63, 3.8) is 0 Å². The number of nitrogens with zero attached hydrogens (tertiary/aromatic N) is 3. The zero-order chi connectivity index (χ0) is 18.8. The number of anilines is 1. The molecule has 136 valence electrons. The minimum Gasteiger partial charge on any atom is -0.463 e. The molecule has 0 fully saturated rings. The molecule has 0 saturated heterocycles. The van der Waals surface area contributed by atoms with Crippen molar-refractivity contribution in [2.45, 2.75) is 13.0 Å². The third kappa shape index (κ3) is 2.97. The van der Waals surface area contributed by atoms with E-state index in [4.69, 9.17) is 4.74 Å². The van der Waals surface area contributed by atoms with Crippen LogP contribution in [0.5, 0.6) is 0 Å². The first-order chi connectivity index (χ1) is 13.2. The van der Waals surface area contributed by atoms with E-state index < -0.39 is 17.8 Å². The van der Waals surface area contributed by atoms with Crippen molar-refractivity contribution in [3.8, 4) is 0 Å². The van der Waals surface area contributed by atoms with E-state index in [0.717, 1.165) is 5.56 Å². The van der Waals surface area contributed by atoms with Gasteiger partial charge in [-0.3, -0.25) is 0 Å². The van der Waals surface area contributed by atoms with Gasteiger partial charge in [0.25, 0.3) is 0 Å². The lowest BCUT2D eigenvalue weighted by Crippen LogP contribution is -2.30. The second kappa shape index (κ2) is 7.03. The number of hydrogen-bond acceptors (Lipinski definition) is 5. The van der Waals surface area contributed by atoms with Gasteiger partial charge in [0.15, 0.2) is 0 Å². The third-order valence-corrected chi connectivity index (χ3v) is 4.35. The highest BCUT2D eigenvalue weighted by atomic mass is 19.1. The van der Waals surface area contributed by atoms with E-state index in [1.54, 1.807) is 25.1 Å². The Balaban J connectivity index is 1.99. The molecule has 1 N–H and O–H groups in total. The Morgan fingerprint density at radius 2 is 1.93 bits per heavy atom. The van der Waals surface area contributed by atoms with Crippen molar-refractivity contribution in [1.29, 1.82) is 0 Å². The van der Waals surface area contributed by atoms with Gasteiger partial charge in [-0.1, -0.05) is 48.5 Å². The normalized spacial score (nSPS) is 15.9. The summed E-state index contributed by atoms with van der Waals surface area (Å²) in [5.41, 5.74) is 1.91. The summed E-state index contributed by atoms with van der Waals surface area (Å²) in [5, 5.41) is 7.36. The lowest BCUT2D eigenvalue weighted by Gasteiger charge is -2.29. The van der Waals surface area contributed by atoms with Crippen LogP contribution >= 0.6 is 0 Å². The minimum absolute atomic E-state index is 0.207. The number of nitrogens with one attached hydrogen (secondary N) is 1. The summed E-state index contributed by atoms with van der Waals surface area (Å²) < 4.78 is 21.5. The van der Waals surface area contributed by atoms with E-state index in [9.17, 15) is 9.18 Å². The fourth-order valence-electron chi connectivity index (χ4n) is 3.21. The van der Waals surface area contributed by atoms with Crippen molar-refractivity contribution < 1.29 is 13.9 Å². The van der Waals surface area contributed by atoms with Crippen LogP contribution in [-0.2, 0) is 9.53 Å². The van der Waals surface area contributed by atoms with Crippen LogP contribution in [0.15, 0.2) is 66.5 Å². The zero-order valence-electron chi connectivity index (χ0n) is 14.6. The molecule has 4 rings (SSSR count). The number of ether oxygens (including phenoxy) is 1. The Labute approximate surface area is 155 Å². The van der Waals surface area contributed by atoms with Crippen LogP contribution in [0.2, 0.25) is 0 Å². The first-order valence-corrected chi connectivity index (χ1v) is 8.58. The second-order valence-electron chi connectivity index (χ2n) is 5.95. The van der Waals surface area contributed by atoms with Crippen molar-refractivity contribution in [3.05, 3.63) is 83.4 Å². The van der Waals surface area contributed by atoms with Crippen molar-refractivity contribution in [1.82, 2.24) is 14.8 Å². The highest BCUT2D eigenvalue weighted by Gasteiger charge is 2.37. The fraction of sp³-hybridized carbons (Fsp3) is 0.150. The van der Waals surface area contributed by atoms with Gasteiger partial charge in [-0.05, 0) is 18.6 Å². The number of hydrogen-bond donors (Lipinski definition) is 1. The molecule has 1 aliphatic rings. The van der Waals surface area contributed by atoms with Crippen molar-refractivity contribution >= 4 is 17.6 Å². The van der Waals surface area contributed by atoms with Crippen LogP contribution in [-0.4, -0.2) is 27.3 Å². The molecule has 0 radical (unpaired) electrons. The topological polar surface area (TPSA) is 69.0 Å². The molecule has 27 heavy (non-hydrogen) atoms. The molecule has 3 aromatic rings. The smallest absolute Gasteiger partial charge is 0.338 e. The molecule has 0 unspecified atom stereocenters. The summed E-state index contributed by atoms with van der Waals surface area (Å²) in [4.78, 5) is 17.1. The van der Waals surface area contributed by atoms with Gasteiger partial charge in [0.05, 0.1) is 17.9 Å². The molecule has 7 heteroatoms. The molecule has 0 bridgehead atoms. The Hall–Kier alpha value is -3.48. The summed E-state index contributed by atoms with van der Waals surface area (Å²) in [6.07, 6.45) is 1.37.